The molecule has 0 atom stereocenters. The molecule has 2 N–H and O–H groups in total. The average molecular weight is 338 g/mol. The fourth-order valence-corrected chi connectivity index (χ4v) is 2.62. The van der Waals surface area contributed by atoms with Crippen molar-refractivity contribution >= 4 is 33.9 Å². The van der Waals surface area contributed by atoms with Crippen molar-refractivity contribution < 1.29 is 0 Å². The summed E-state index contributed by atoms with van der Waals surface area (Å²) in [6.07, 6.45) is 5.24. The number of aryl methyl sites for hydroxylation is 1. The first-order valence-corrected chi connectivity index (χ1v) is 7.79. The van der Waals surface area contributed by atoms with Crippen LogP contribution in [0.15, 0.2) is 48.9 Å². The molecule has 5 nitrogen and oxygen atoms in total. The molecular weight excluding hydrogens is 322 g/mol. The summed E-state index contributed by atoms with van der Waals surface area (Å²) >= 11 is 5.97. The van der Waals surface area contributed by atoms with Crippen molar-refractivity contribution in [1.29, 1.82) is 5.41 Å². The van der Waals surface area contributed by atoms with Crippen LogP contribution >= 0.6 is 11.6 Å². The maximum atomic E-state index is 8.60. The van der Waals surface area contributed by atoms with Gasteiger partial charge in [0.05, 0.1) is 16.7 Å². The van der Waals surface area contributed by atoms with Gasteiger partial charge >= 0.3 is 0 Å². The van der Waals surface area contributed by atoms with Gasteiger partial charge in [0.25, 0.3) is 0 Å². The van der Waals surface area contributed by atoms with Gasteiger partial charge in [-0.2, -0.15) is 0 Å². The Morgan fingerprint density at radius 1 is 1.21 bits per heavy atom. The third-order valence-electron chi connectivity index (χ3n) is 3.65. The molecule has 0 bridgehead atoms. The lowest BCUT2D eigenvalue weighted by molar-refractivity contribution is 1.11. The van der Waals surface area contributed by atoms with Crippen LogP contribution in [0.1, 0.15) is 16.8 Å². The van der Waals surface area contributed by atoms with Gasteiger partial charge in [-0.1, -0.05) is 11.6 Å². The molecule has 3 aromatic heterocycles. The van der Waals surface area contributed by atoms with Gasteiger partial charge in [0.2, 0.25) is 0 Å². The Balaban J connectivity index is 2.10. The Hall–Kier alpha value is -2.79. The number of pyridine rings is 3. The SMILES string of the molecule is CN/C=C(\C(=N)c1cccnc1C)c1cnc2ccc(Cl)nc2c1. The van der Waals surface area contributed by atoms with E-state index in [2.05, 4.69) is 20.3 Å². The average Bonchev–Trinajstić information content (AvgIpc) is 2.59. The molecule has 0 amide bonds. The molecule has 0 fully saturated rings. The van der Waals surface area contributed by atoms with Crippen LogP contribution in [-0.2, 0) is 0 Å². The molecule has 0 aromatic carbocycles. The number of nitrogens with one attached hydrogen (secondary N) is 2. The van der Waals surface area contributed by atoms with Crippen molar-refractivity contribution in [3.05, 3.63) is 70.9 Å². The van der Waals surface area contributed by atoms with Crippen LogP contribution in [0.25, 0.3) is 16.6 Å². The predicted octanol–water partition coefficient (Wildman–Crippen LogP) is 3.61. The molecule has 0 unspecified atom stereocenters. The normalized spacial score (nSPS) is 11.5. The minimum Gasteiger partial charge on any atom is -0.393 e. The first-order valence-electron chi connectivity index (χ1n) is 7.41. The van der Waals surface area contributed by atoms with Gasteiger partial charge in [-0.3, -0.25) is 15.4 Å². The van der Waals surface area contributed by atoms with Gasteiger partial charge in [0.1, 0.15) is 5.15 Å². The van der Waals surface area contributed by atoms with Gasteiger partial charge in [-0.15, -0.1) is 0 Å². The lowest BCUT2D eigenvalue weighted by atomic mass is 9.97. The van der Waals surface area contributed by atoms with E-state index < -0.39 is 0 Å². The maximum absolute atomic E-state index is 8.60. The van der Waals surface area contributed by atoms with Crippen molar-refractivity contribution in [2.75, 3.05) is 7.05 Å². The number of fused-ring (bicyclic) bond motifs is 1. The molecule has 24 heavy (non-hydrogen) atoms. The molecule has 3 rings (SSSR count). The summed E-state index contributed by atoms with van der Waals surface area (Å²) in [6, 6.07) is 9.14. The number of halogens is 1. The highest BCUT2D eigenvalue weighted by molar-refractivity contribution is 6.31. The third-order valence-corrected chi connectivity index (χ3v) is 3.86. The lowest BCUT2D eigenvalue weighted by Crippen LogP contribution is -2.09. The first-order chi connectivity index (χ1) is 11.6. The molecule has 6 heteroatoms. The largest absolute Gasteiger partial charge is 0.393 e. The smallest absolute Gasteiger partial charge is 0.129 e. The third kappa shape index (κ3) is 3.12. The van der Waals surface area contributed by atoms with Crippen LogP contribution in [0.3, 0.4) is 0 Å². The standard InChI is InChI=1S/C18H16ClN5/c1-11-13(4-3-7-22-11)18(20)14(10-21-2)12-8-16-15(23-9-12)5-6-17(19)24-16/h3-10,20-21H,1-2H3/b14-10-,20-18?. The summed E-state index contributed by atoms with van der Waals surface area (Å²) in [5, 5.41) is 12.0. The summed E-state index contributed by atoms with van der Waals surface area (Å²) in [5.41, 5.74) is 4.91. The monoisotopic (exact) mass is 337 g/mol. The van der Waals surface area contributed by atoms with Crippen LogP contribution in [0.2, 0.25) is 5.15 Å². The fraction of sp³-hybridized carbons (Fsp3) is 0.111. The van der Waals surface area contributed by atoms with Gasteiger partial charge in [-0.25, -0.2) is 4.98 Å². The van der Waals surface area contributed by atoms with E-state index in [1.807, 2.05) is 31.2 Å². The Labute approximate surface area is 145 Å². The topological polar surface area (TPSA) is 74.6 Å². The van der Waals surface area contributed by atoms with Gasteiger partial charge in [0, 0.05) is 48.0 Å². The number of allylic oxidation sites excluding steroid dienone is 1. The molecule has 0 saturated heterocycles. The number of rotatable bonds is 4. The van der Waals surface area contributed by atoms with Crippen molar-refractivity contribution in [2.45, 2.75) is 6.92 Å². The minimum atomic E-state index is 0.373. The quantitative estimate of drug-likeness (QED) is 0.563. The Morgan fingerprint density at radius 2 is 2.04 bits per heavy atom. The van der Waals surface area contributed by atoms with Crippen LogP contribution in [0.4, 0.5) is 0 Å². The molecule has 3 aromatic rings. The van der Waals surface area contributed by atoms with Gasteiger partial charge in [-0.05, 0) is 37.3 Å². The Morgan fingerprint density at radius 3 is 2.79 bits per heavy atom. The Kier molecular flexibility index (Phi) is 4.53. The zero-order valence-corrected chi connectivity index (χ0v) is 14.1. The van der Waals surface area contributed by atoms with Crippen molar-refractivity contribution in [1.82, 2.24) is 20.3 Å². The van der Waals surface area contributed by atoms with E-state index in [0.717, 1.165) is 22.3 Å². The molecule has 0 aliphatic heterocycles. The fourth-order valence-electron chi connectivity index (χ4n) is 2.47. The van der Waals surface area contributed by atoms with E-state index in [4.69, 9.17) is 17.0 Å². The molecule has 0 aliphatic carbocycles. The van der Waals surface area contributed by atoms with E-state index >= 15 is 0 Å². The van der Waals surface area contributed by atoms with Crippen LogP contribution < -0.4 is 5.32 Å². The van der Waals surface area contributed by atoms with E-state index in [1.165, 1.54) is 0 Å². The molecular formula is C18H16ClN5. The van der Waals surface area contributed by atoms with Crippen LogP contribution in [-0.4, -0.2) is 27.7 Å². The first kappa shape index (κ1) is 16.1. The number of aromatic nitrogens is 3. The molecule has 0 saturated carbocycles. The summed E-state index contributed by atoms with van der Waals surface area (Å²) in [7, 11) is 1.80. The second kappa shape index (κ2) is 6.76. The highest BCUT2D eigenvalue weighted by Gasteiger charge is 2.14. The van der Waals surface area contributed by atoms with Gasteiger partial charge < -0.3 is 5.32 Å². The molecule has 0 aliphatic rings. The van der Waals surface area contributed by atoms with Crippen LogP contribution in [0, 0.1) is 12.3 Å². The zero-order chi connectivity index (χ0) is 17.1. The number of hydrogen-bond donors (Lipinski definition) is 2. The van der Waals surface area contributed by atoms with Crippen molar-refractivity contribution in [3.8, 4) is 0 Å². The second-order valence-electron chi connectivity index (χ2n) is 5.25. The number of hydrogen-bond acceptors (Lipinski definition) is 5. The zero-order valence-electron chi connectivity index (χ0n) is 13.3. The van der Waals surface area contributed by atoms with Crippen molar-refractivity contribution in [3.63, 3.8) is 0 Å². The predicted molar refractivity (Wildman–Crippen MR) is 97.4 cm³/mol. The second-order valence-corrected chi connectivity index (χ2v) is 5.64. The Bertz CT molecular complexity index is 949. The summed E-state index contributed by atoms with van der Waals surface area (Å²) in [6.45, 7) is 1.89. The van der Waals surface area contributed by atoms with E-state index in [0.29, 0.717) is 22.0 Å². The summed E-state index contributed by atoms with van der Waals surface area (Å²) < 4.78 is 0. The highest BCUT2D eigenvalue weighted by Crippen LogP contribution is 2.23. The lowest BCUT2D eigenvalue weighted by Gasteiger charge is -2.12. The molecule has 120 valence electrons. The van der Waals surface area contributed by atoms with Crippen LogP contribution in [0.5, 0.6) is 0 Å². The summed E-state index contributed by atoms with van der Waals surface area (Å²) in [4.78, 5) is 13.0. The van der Waals surface area contributed by atoms with Gasteiger partial charge in [0.15, 0.2) is 0 Å². The van der Waals surface area contributed by atoms with E-state index in [-0.39, 0.29) is 0 Å². The minimum absolute atomic E-state index is 0.373. The molecule has 0 radical (unpaired) electrons. The maximum Gasteiger partial charge on any atom is 0.129 e. The molecule has 0 spiro atoms. The van der Waals surface area contributed by atoms with Crippen molar-refractivity contribution in [2.24, 2.45) is 0 Å². The summed E-state index contributed by atoms with van der Waals surface area (Å²) in [5.74, 6) is 0. The highest BCUT2D eigenvalue weighted by atomic mass is 35.5. The van der Waals surface area contributed by atoms with E-state index in [1.54, 1.807) is 31.7 Å². The van der Waals surface area contributed by atoms with E-state index in [9.17, 15) is 0 Å². The number of nitrogens with zero attached hydrogens (tertiary/aromatic N) is 3. The molecule has 3 heterocycles.